The first-order valence-electron chi connectivity index (χ1n) is 8.89. The number of halogens is 3. The number of benzene rings is 3. The van der Waals surface area contributed by atoms with Crippen LogP contribution in [-0.2, 0) is 6.18 Å². The zero-order valence-electron chi connectivity index (χ0n) is 15.6. The van der Waals surface area contributed by atoms with E-state index in [0.29, 0.717) is 22.8 Å². The highest BCUT2D eigenvalue weighted by atomic mass is 19.4. The summed E-state index contributed by atoms with van der Waals surface area (Å²) in [7, 11) is 0. The van der Waals surface area contributed by atoms with Crippen molar-refractivity contribution in [2.75, 3.05) is 6.61 Å². The van der Waals surface area contributed by atoms with Crippen LogP contribution in [0.1, 0.15) is 21.5 Å². The summed E-state index contributed by atoms with van der Waals surface area (Å²) in [6, 6.07) is 17.8. The molecule has 0 fully saturated rings. The van der Waals surface area contributed by atoms with Gasteiger partial charge in [-0.15, -0.1) is 0 Å². The van der Waals surface area contributed by atoms with Crippen molar-refractivity contribution in [1.82, 2.24) is 0 Å². The molecule has 0 heterocycles. The molecule has 0 aliphatic heterocycles. The summed E-state index contributed by atoms with van der Waals surface area (Å²) < 4.78 is 48.8. The molecule has 0 amide bonds. The number of aromatic carboxylic acids is 1. The maximum atomic E-state index is 12.5. The SMILES string of the molecule is O=C(O)c1ccc(Oc2ccc(OCC=Cc3ccc(C(F)(F)F)cc3)cc2)cc1. The smallest absolute Gasteiger partial charge is 0.416 e. The van der Waals surface area contributed by atoms with Gasteiger partial charge in [-0.05, 0) is 72.3 Å². The van der Waals surface area contributed by atoms with Gasteiger partial charge in [0.2, 0.25) is 0 Å². The van der Waals surface area contributed by atoms with Gasteiger partial charge in [0.05, 0.1) is 11.1 Å². The summed E-state index contributed by atoms with van der Waals surface area (Å²) in [5.74, 6) is 0.662. The van der Waals surface area contributed by atoms with E-state index in [1.807, 2.05) is 0 Å². The van der Waals surface area contributed by atoms with E-state index >= 15 is 0 Å². The van der Waals surface area contributed by atoms with E-state index in [1.165, 1.54) is 24.3 Å². The molecule has 0 aliphatic rings. The quantitative estimate of drug-likeness (QED) is 0.494. The van der Waals surface area contributed by atoms with Gasteiger partial charge >= 0.3 is 12.1 Å². The molecule has 154 valence electrons. The molecule has 3 aromatic rings. The van der Waals surface area contributed by atoms with Gasteiger partial charge in [-0.3, -0.25) is 0 Å². The normalized spacial score (nSPS) is 11.4. The second-order valence-corrected chi connectivity index (χ2v) is 6.24. The molecule has 3 rings (SSSR count). The van der Waals surface area contributed by atoms with Crippen molar-refractivity contribution in [3.8, 4) is 17.2 Å². The predicted molar refractivity (Wildman–Crippen MR) is 106 cm³/mol. The third-order valence-electron chi connectivity index (χ3n) is 4.06. The molecule has 0 aliphatic carbocycles. The van der Waals surface area contributed by atoms with Gasteiger partial charge in [0.15, 0.2) is 0 Å². The molecule has 3 aromatic carbocycles. The molecule has 30 heavy (non-hydrogen) atoms. The highest BCUT2D eigenvalue weighted by Crippen LogP contribution is 2.29. The number of hydrogen-bond donors (Lipinski definition) is 1. The van der Waals surface area contributed by atoms with Crippen LogP contribution >= 0.6 is 0 Å². The monoisotopic (exact) mass is 414 g/mol. The minimum Gasteiger partial charge on any atom is -0.490 e. The molecule has 0 saturated heterocycles. The molecule has 0 unspecified atom stereocenters. The highest BCUT2D eigenvalue weighted by molar-refractivity contribution is 5.87. The van der Waals surface area contributed by atoms with Crippen molar-refractivity contribution in [2.24, 2.45) is 0 Å². The zero-order chi connectivity index (χ0) is 21.6. The van der Waals surface area contributed by atoms with Gasteiger partial charge in [-0.2, -0.15) is 13.2 Å². The van der Waals surface area contributed by atoms with Gasteiger partial charge in [0, 0.05) is 0 Å². The second-order valence-electron chi connectivity index (χ2n) is 6.24. The highest BCUT2D eigenvalue weighted by Gasteiger charge is 2.29. The molecule has 7 heteroatoms. The van der Waals surface area contributed by atoms with Crippen LogP contribution in [0, 0.1) is 0 Å². The van der Waals surface area contributed by atoms with E-state index in [1.54, 1.807) is 48.6 Å². The Hall–Kier alpha value is -3.74. The van der Waals surface area contributed by atoms with Crippen LogP contribution in [0.5, 0.6) is 17.2 Å². The zero-order valence-corrected chi connectivity index (χ0v) is 15.6. The van der Waals surface area contributed by atoms with Gasteiger partial charge < -0.3 is 14.6 Å². The molecule has 0 saturated carbocycles. The Morgan fingerprint density at radius 1 is 0.833 bits per heavy atom. The standard InChI is InChI=1S/C23H17F3O4/c24-23(25,26)18-7-3-16(4-8-18)2-1-15-29-19-11-13-21(14-12-19)30-20-9-5-17(6-10-20)22(27)28/h1-14H,15H2,(H,27,28). The number of ether oxygens (including phenoxy) is 2. The Balaban J connectivity index is 1.49. The maximum Gasteiger partial charge on any atom is 0.416 e. The number of carbonyl (C=O) groups is 1. The van der Waals surface area contributed by atoms with E-state index in [2.05, 4.69) is 0 Å². The first kappa shape index (κ1) is 21.0. The number of alkyl halides is 3. The fourth-order valence-electron chi connectivity index (χ4n) is 2.52. The van der Waals surface area contributed by atoms with Gasteiger partial charge in [0.1, 0.15) is 23.9 Å². The molecule has 1 N–H and O–H groups in total. The molecular formula is C23H17F3O4. The summed E-state index contributed by atoms with van der Waals surface area (Å²) in [6.45, 7) is 0.248. The maximum absolute atomic E-state index is 12.5. The summed E-state index contributed by atoms with van der Waals surface area (Å²) in [5, 5.41) is 8.89. The van der Waals surface area contributed by atoms with Gasteiger partial charge in [-0.25, -0.2) is 4.79 Å². The second kappa shape index (κ2) is 9.17. The van der Waals surface area contributed by atoms with Crippen molar-refractivity contribution in [2.45, 2.75) is 6.18 Å². The van der Waals surface area contributed by atoms with Gasteiger partial charge in [0.25, 0.3) is 0 Å². The van der Waals surface area contributed by atoms with Crippen LogP contribution in [0.25, 0.3) is 6.08 Å². The number of carboxylic acids is 1. The lowest BCUT2D eigenvalue weighted by molar-refractivity contribution is -0.137. The van der Waals surface area contributed by atoms with Gasteiger partial charge in [-0.1, -0.05) is 18.2 Å². The minimum absolute atomic E-state index is 0.176. The summed E-state index contributed by atoms with van der Waals surface area (Å²) in [6.07, 6.45) is -0.960. The lowest BCUT2D eigenvalue weighted by Crippen LogP contribution is -2.03. The molecule has 0 atom stereocenters. The largest absolute Gasteiger partial charge is 0.490 e. The third kappa shape index (κ3) is 5.88. The van der Waals surface area contributed by atoms with E-state index in [4.69, 9.17) is 14.6 Å². The molecule has 4 nitrogen and oxygen atoms in total. The average Bonchev–Trinajstić information content (AvgIpc) is 2.72. The van der Waals surface area contributed by atoms with E-state index in [-0.39, 0.29) is 12.2 Å². The Bertz CT molecular complexity index is 1010. The summed E-state index contributed by atoms with van der Waals surface area (Å²) in [4.78, 5) is 10.8. The summed E-state index contributed by atoms with van der Waals surface area (Å²) >= 11 is 0. The van der Waals surface area contributed by atoms with Crippen LogP contribution in [0.4, 0.5) is 13.2 Å². The third-order valence-corrected chi connectivity index (χ3v) is 4.06. The predicted octanol–water partition coefficient (Wildman–Crippen LogP) is 6.29. The minimum atomic E-state index is -4.34. The first-order valence-corrected chi connectivity index (χ1v) is 8.89. The van der Waals surface area contributed by atoms with Crippen molar-refractivity contribution in [3.05, 3.63) is 95.6 Å². The Labute approximate surface area is 170 Å². The molecule has 0 spiro atoms. The number of hydrogen-bond acceptors (Lipinski definition) is 3. The van der Waals surface area contributed by atoms with Crippen molar-refractivity contribution >= 4 is 12.0 Å². The lowest BCUT2D eigenvalue weighted by atomic mass is 10.1. The molecule has 0 aromatic heterocycles. The van der Waals surface area contributed by atoms with Crippen molar-refractivity contribution in [1.29, 1.82) is 0 Å². The van der Waals surface area contributed by atoms with E-state index < -0.39 is 17.7 Å². The van der Waals surface area contributed by atoms with Crippen LogP contribution in [-0.4, -0.2) is 17.7 Å². The van der Waals surface area contributed by atoms with Crippen molar-refractivity contribution in [3.63, 3.8) is 0 Å². The Morgan fingerprint density at radius 3 is 1.90 bits per heavy atom. The van der Waals surface area contributed by atoms with Crippen LogP contribution in [0.3, 0.4) is 0 Å². The summed E-state index contributed by atoms with van der Waals surface area (Å²) in [5.41, 5.74) is 0.135. The topological polar surface area (TPSA) is 55.8 Å². The first-order chi connectivity index (χ1) is 14.3. The van der Waals surface area contributed by atoms with Crippen LogP contribution < -0.4 is 9.47 Å². The Kier molecular flexibility index (Phi) is 6.41. The molecule has 0 bridgehead atoms. The number of carboxylic acid groups (broad SMARTS) is 1. The lowest BCUT2D eigenvalue weighted by Gasteiger charge is -2.08. The van der Waals surface area contributed by atoms with Crippen molar-refractivity contribution < 1.29 is 32.5 Å². The fraction of sp³-hybridized carbons (Fsp3) is 0.0870. The van der Waals surface area contributed by atoms with Crippen LogP contribution in [0.15, 0.2) is 78.9 Å². The molecule has 0 radical (unpaired) electrons. The fourth-order valence-corrected chi connectivity index (χ4v) is 2.52. The Morgan fingerprint density at radius 2 is 1.37 bits per heavy atom. The average molecular weight is 414 g/mol. The van der Waals surface area contributed by atoms with E-state index in [9.17, 15) is 18.0 Å². The molecular weight excluding hydrogens is 397 g/mol. The van der Waals surface area contributed by atoms with Crippen LogP contribution in [0.2, 0.25) is 0 Å². The number of rotatable bonds is 7. The van der Waals surface area contributed by atoms with E-state index in [0.717, 1.165) is 12.1 Å².